The van der Waals surface area contributed by atoms with Gasteiger partial charge in [-0.25, -0.2) is 0 Å². The Labute approximate surface area is 70.9 Å². The van der Waals surface area contributed by atoms with Crippen LogP contribution in [0.3, 0.4) is 0 Å². The monoisotopic (exact) mass is 155 g/mol. The summed E-state index contributed by atoms with van der Waals surface area (Å²) in [5.41, 5.74) is 2.10. The first-order valence-electron chi connectivity index (χ1n) is 3.69. The van der Waals surface area contributed by atoms with Gasteiger partial charge in [0.15, 0.2) is 0 Å². The minimum Gasteiger partial charge on any atom is -0.265 e. The SMILES string of the molecule is [c]1ccncc1-c1ccncc1. The predicted octanol–water partition coefficient (Wildman–Crippen LogP) is 1.94. The second-order valence-electron chi connectivity index (χ2n) is 2.39. The largest absolute Gasteiger partial charge is 0.265 e. The van der Waals surface area contributed by atoms with Crippen molar-refractivity contribution >= 4 is 0 Å². The fraction of sp³-hybridized carbons (Fsp3) is 0. The lowest BCUT2D eigenvalue weighted by molar-refractivity contribution is 1.30. The molecule has 0 aromatic carbocycles. The van der Waals surface area contributed by atoms with Crippen molar-refractivity contribution in [3.8, 4) is 11.1 Å². The Kier molecular flexibility index (Phi) is 1.82. The lowest BCUT2D eigenvalue weighted by Crippen LogP contribution is -1.79. The minimum absolute atomic E-state index is 1.000. The lowest BCUT2D eigenvalue weighted by atomic mass is 10.1. The average Bonchev–Trinajstić information content (AvgIpc) is 2.21. The topological polar surface area (TPSA) is 25.8 Å². The summed E-state index contributed by atoms with van der Waals surface area (Å²) in [5.74, 6) is 0. The number of rotatable bonds is 1. The summed E-state index contributed by atoms with van der Waals surface area (Å²) >= 11 is 0. The molecule has 2 nitrogen and oxygen atoms in total. The Morgan fingerprint density at radius 1 is 1.00 bits per heavy atom. The van der Waals surface area contributed by atoms with E-state index in [1.165, 1.54) is 0 Å². The van der Waals surface area contributed by atoms with Crippen LogP contribution in [-0.4, -0.2) is 9.97 Å². The maximum Gasteiger partial charge on any atom is 0.0352 e. The Balaban J connectivity index is 2.46. The van der Waals surface area contributed by atoms with Gasteiger partial charge in [0.05, 0.1) is 0 Å². The molecule has 0 bridgehead atoms. The molecule has 12 heavy (non-hydrogen) atoms. The van der Waals surface area contributed by atoms with Gasteiger partial charge in [-0.2, -0.15) is 0 Å². The lowest BCUT2D eigenvalue weighted by Gasteiger charge is -1.96. The Morgan fingerprint density at radius 2 is 1.83 bits per heavy atom. The van der Waals surface area contributed by atoms with Crippen molar-refractivity contribution in [2.24, 2.45) is 0 Å². The molecule has 1 radical (unpaired) electrons. The summed E-state index contributed by atoms with van der Waals surface area (Å²) in [4.78, 5) is 7.95. The molecule has 0 aliphatic carbocycles. The van der Waals surface area contributed by atoms with E-state index in [2.05, 4.69) is 16.0 Å². The third-order valence-electron chi connectivity index (χ3n) is 1.59. The van der Waals surface area contributed by atoms with E-state index < -0.39 is 0 Å². The first kappa shape index (κ1) is 6.98. The van der Waals surface area contributed by atoms with Crippen molar-refractivity contribution in [2.75, 3.05) is 0 Å². The van der Waals surface area contributed by atoms with Crippen molar-refractivity contribution in [1.29, 1.82) is 0 Å². The Hall–Kier alpha value is -1.70. The van der Waals surface area contributed by atoms with Gasteiger partial charge < -0.3 is 0 Å². The summed E-state index contributed by atoms with van der Waals surface area (Å²) in [6, 6.07) is 8.77. The standard InChI is InChI=1S/C10H7N2/c1-2-10(8-12-5-1)9-3-6-11-7-4-9/h1,3-8H. The summed E-state index contributed by atoms with van der Waals surface area (Å²) in [6.45, 7) is 0. The smallest absolute Gasteiger partial charge is 0.0352 e. The molecule has 57 valence electrons. The first-order valence-corrected chi connectivity index (χ1v) is 3.69. The zero-order chi connectivity index (χ0) is 8.23. The van der Waals surface area contributed by atoms with Crippen molar-refractivity contribution in [3.63, 3.8) is 0 Å². The highest BCUT2D eigenvalue weighted by Crippen LogP contribution is 2.14. The number of pyridine rings is 2. The maximum atomic E-state index is 4.01. The van der Waals surface area contributed by atoms with Crippen molar-refractivity contribution in [1.82, 2.24) is 9.97 Å². The maximum absolute atomic E-state index is 4.01. The van der Waals surface area contributed by atoms with Crippen LogP contribution in [0.4, 0.5) is 0 Å². The van der Waals surface area contributed by atoms with Gasteiger partial charge in [0.2, 0.25) is 0 Å². The molecule has 0 N–H and O–H groups in total. The van der Waals surface area contributed by atoms with Gasteiger partial charge in [-0.05, 0) is 29.8 Å². The van der Waals surface area contributed by atoms with Crippen LogP contribution in [0.15, 0.2) is 43.0 Å². The average molecular weight is 155 g/mol. The summed E-state index contributed by atoms with van der Waals surface area (Å²) < 4.78 is 0. The number of hydrogen-bond donors (Lipinski definition) is 0. The van der Waals surface area contributed by atoms with Crippen LogP contribution < -0.4 is 0 Å². The zero-order valence-electron chi connectivity index (χ0n) is 6.44. The molecule has 2 aromatic heterocycles. The van der Waals surface area contributed by atoms with Crippen LogP contribution in [0.25, 0.3) is 11.1 Å². The quantitative estimate of drug-likeness (QED) is 0.629. The zero-order valence-corrected chi connectivity index (χ0v) is 6.44. The van der Waals surface area contributed by atoms with E-state index in [0.717, 1.165) is 11.1 Å². The highest BCUT2D eigenvalue weighted by Gasteiger charge is 1.93. The molecular formula is C10H7N2. The van der Waals surface area contributed by atoms with E-state index in [-0.39, 0.29) is 0 Å². The minimum atomic E-state index is 1.000. The molecule has 0 saturated carbocycles. The molecule has 0 atom stereocenters. The van der Waals surface area contributed by atoms with Crippen LogP contribution in [0.1, 0.15) is 0 Å². The molecule has 2 heteroatoms. The van der Waals surface area contributed by atoms with Gasteiger partial charge in [0.1, 0.15) is 0 Å². The van der Waals surface area contributed by atoms with Gasteiger partial charge in [-0.1, -0.05) is 0 Å². The van der Waals surface area contributed by atoms with E-state index in [9.17, 15) is 0 Å². The molecule has 0 fully saturated rings. The normalized spacial score (nSPS) is 9.67. The summed E-state index contributed by atoms with van der Waals surface area (Å²) in [6.07, 6.45) is 7.02. The predicted molar refractivity (Wildman–Crippen MR) is 46.3 cm³/mol. The molecule has 0 aliphatic heterocycles. The van der Waals surface area contributed by atoms with E-state index in [1.54, 1.807) is 30.9 Å². The molecular weight excluding hydrogens is 148 g/mol. The summed E-state index contributed by atoms with van der Waals surface area (Å²) in [7, 11) is 0. The van der Waals surface area contributed by atoms with E-state index in [1.807, 2.05) is 12.1 Å². The Bertz CT molecular complexity index is 305. The van der Waals surface area contributed by atoms with E-state index in [4.69, 9.17) is 0 Å². The van der Waals surface area contributed by atoms with Crippen LogP contribution in [0.2, 0.25) is 0 Å². The first-order chi connectivity index (χ1) is 5.97. The number of hydrogen-bond acceptors (Lipinski definition) is 2. The number of aromatic nitrogens is 2. The molecule has 2 aromatic rings. The van der Waals surface area contributed by atoms with Crippen molar-refractivity contribution in [2.45, 2.75) is 0 Å². The van der Waals surface area contributed by atoms with E-state index in [0.29, 0.717) is 0 Å². The van der Waals surface area contributed by atoms with Gasteiger partial charge in [-0.15, -0.1) is 0 Å². The van der Waals surface area contributed by atoms with Crippen LogP contribution in [-0.2, 0) is 0 Å². The second kappa shape index (κ2) is 3.13. The molecule has 0 saturated heterocycles. The van der Waals surface area contributed by atoms with Crippen LogP contribution in [0, 0.1) is 6.07 Å². The van der Waals surface area contributed by atoms with Gasteiger partial charge in [-0.3, -0.25) is 9.97 Å². The molecule has 2 heterocycles. The second-order valence-corrected chi connectivity index (χ2v) is 2.39. The highest BCUT2D eigenvalue weighted by molar-refractivity contribution is 5.60. The van der Waals surface area contributed by atoms with Crippen molar-refractivity contribution in [3.05, 3.63) is 49.1 Å². The van der Waals surface area contributed by atoms with Gasteiger partial charge >= 0.3 is 0 Å². The summed E-state index contributed by atoms with van der Waals surface area (Å²) in [5, 5.41) is 0. The molecule has 2 rings (SSSR count). The molecule has 0 unspecified atom stereocenters. The molecule has 0 spiro atoms. The third kappa shape index (κ3) is 1.32. The molecule has 0 aliphatic rings. The highest BCUT2D eigenvalue weighted by atomic mass is 14.6. The van der Waals surface area contributed by atoms with Crippen LogP contribution >= 0.6 is 0 Å². The van der Waals surface area contributed by atoms with Gasteiger partial charge in [0.25, 0.3) is 0 Å². The fourth-order valence-corrected chi connectivity index (χ4v) is 1.01. The fourth-order valence-electron chi connectivity index (χ4n) is 1.01. The van der Waals surface area contributed by atoms with Crippen molar-refractivity contribution < 1.29 is 0 Å². The molecule has 0 amide bonds. The van der Waals surface area contributed by atoms with E-state index >= 15 is 0 Å². The van der Waals surface area contributed by atoms with Crippen LogP contribution in [0.5, 0.6) is 0 Å². The Morgan fingerprint density at radius 3 is 2.50 bits per heavy atom. The van der Waals surface area contributed by atoms with Gasteiger partial charge in [0, 0.05) is 30.4 Å². The number of nitrogens with zero attached hydrogens (tertiary/aromatic N) is 2. The third-order valence-corrected chi connectivity index (χ3v) is 1.59.